The maximum absolute atomic E-state index is 6.11. The highest BCUT2D eigenvalue weighted by atomic mass is 16.3. The van der Waals surface area contributed by atoms with Crippen molar-refractivity contribution in [3.8, 4) is 11.1 Å². The molecule has 0 saturated carbocycles. The Morgan fingerprint density at radius 2 is 1.62 bits per heavy atom. The van der Waals surface area contributed by atoms with Crippen molar-refractivity contribution in [2.24, 2.45) is 4.99 Å². The Morgan fingerprint density at radius 1 is 0.846 bits per heavy atom. The molecule has 0 N–H and O–H groups in total. The van der Waals surface area contributed by atoms with Gasteiger partial charge in [-0.3, -0.25) is 4.99 Å². The Bertz CT molecular complexity index is 1930. The minimum atomic E-state index is 0.288. The Kier molecular flexibility index (Phi) is 4.71. The van der Waals surface area contributed by atoms with Crippen molar-refractivity contribution in [3.05, 3.63) is 145 Å². The van der Waals surface area contributed by atoms with Gasteiger partial charge < -0.3 is 9.32 Å². The lowest BCUT2D eigenvalue weighted by atomic mass is 9.80. The fraction of sp³-hybridized carbons (Fsp3) is 0.0833. The fourth-order valence-electron chi connectivity index (χ4n) is 6.68. The van der Waals surface area contributed by atoms with Gasteiger partial charge in [-0.15, -0.1) is 0 Å². The van der Waals surface area contributed by atoms with Crippen molar-refractivity contribution in [3.63, 3.8) is 0 Å². The summed E-state index contributed by atoms with van der Waals surface area (Å²) in [5.41, 5.74) is 12.3. The van der Waals surface area contributed by atoms with Crippen molar-refractivity contribution in [2.45, 2.75) is 18.4 Å². The van der Waals surface area contributed by atoms with Crippen LogP contribution in [0.5, 0.6) is 0 Å². The van der Waals surface area contributed by atoms with Crippen LogP contribution in [-0.4, -0.2) is 11.8 Å². The van der Waals surface area contributed by atoms with Crippen molar-refractivity contribution in [1.82, 2.24) is 0 Å². The van der Waals surface area contributed by atoms with E-state index in [1.54, 1.807) is 0 Å². The van der Waals surface area contributed by atoms with E-state index < -0.39 is 0 Å². The third kappa shape index (κ3) is 3.26. The van der Waals surface area contributed by atoms with Crippen molar-refractivity contribution >= 4 is 39.0 Å². The molecule has 1 fully saturated rings. The van der Waals surface area contributed by atoms with Gasteiger partial charge in [0.05, 0.1) is 11.7 Å². The van der Waals surface area contributed by atoms with Gasteiger partial charge in [0, 0.05) is 39.4 Å². The molecule has 1 saturated heterocycles. The molecule has 1 aliphatic carbocycles. The summed E-state index contributed by atoms with van der Waals surface area (Å²) in [6, 6.07) is 32.2. The third-order valence-corrected chi connectivity index (χ3v) is 8.37. The number of rotatable bonds is 3. The van der Waals surface area contributed by atoms with Crippen LogP contribution in [0.2, 0.25) is 0 Å². The van der Waals surface area contributed by atoms with E-state index in [1.165, 1.54) is 22.4 Å². The average Bonchev–Trinajstić information content (AvgIpc) is 3.60. The Hall–Kier alpha value is -4.89. The lowest BCUT2D eigenvalue weighted by Crippen LogP contribution is -2.31. The molecule has 4 aromatic carbocycles. The van der Waals surface area contributed by atoms with Gasteiger partial charge in [0.15, 0.2) is 0 Å². The zero-order valence-electron chi connectivity index (χ0n) is 21.5. The maximum atomic E-state index is 6.11. The summed E-state index contributed by atoms with van der Waals surface area (Å²) in [7, 11) is 0. The smallest absolute Gasteiger partial charge is 0.136 e. The molecule has 8 rings (SSSR count). The van der Waals surface area contributed by atoms with Gasteiger partial charge in [-0.05, 0) is 71.2 Å². The summed E-state index contributed by atoms with van der Waals surface area (Å²) in [4.78, 5) is 7.53. The molecule has 2 unspecified atom stereocenters. The van der Waals surface area contributed by atoms with Crippen molar-refractivity contribution in [1.29, 1.82) is 0 Å². The van der Waals surface area contributed by atoms with E-state index in [2.05, 4.69) is 109 Å². The summed E-state index contributed by atoms with van der Waals surface area (Å²) in [6.07, 6.45) is 7.12. The molecule has 2 aliphatic heterocycles. The minimum Gasteiger partial charge on any atom is -0.456 e. The SMILES string of the molecule is C=C/C=C1\C(=C)N2c3ccccc3C3CC(=Nc4ccc(-c5ccc6c(c5)oc5ccccc56)cc4)C=C1C32. The predicted molar refractivity (Wildman–Crippen MR) is 162 cm³/mol. The van der Waals surface area contributed by atoms with Crippen LogP contribution in [0.25, 0.3) is 33.1 Å². The molecule has 186 valence electrons. The largest absolute Gasteiger partial charge is 0.456 e. The number of hydrogen-bond acceptors (Lipinski definition) is 3. The van der Waals surface area contributed by atoms with E-state index in [9.17, 15) is 0 Å². The van der Waals surface area contributed by atoms with E-state index in [1.807, 2.05) is 18.2 Å². The van der Waals surface area contributed by atoms with Crippen molar-refractivity contribution in [2.75, 3.05) is 4.90 Å². The maximum Gasteiger partial charge on any atom is 0.136 e. The molecule has 3 heterocycles. The van der Waals surface area contributed by atoms with Crippen LogP contribution < -0.4 is 4.90 Å². The minimum absolute atomic E-state index is 0.288. The van der Waals surface area contributed by atoms with Crippen LogP contribution >= 0.6 is 0 Å². The van der Waals surface area contributed by atoms with Crippen LogP contribution in [0, 0.1) is 0 Å². The standard InChI is InChI=1S/C36H26N2O/c1-3-8-27-22(2)38-33-11-6-4-9-28(33)32-21-26(20-31(27)36(32)38)37-25-16-13-23(14-17-25)24-15-18-30-29-10-5-7-12-34(29)39-35(30)19-24/h3-20,32,36H,1-2,21H2/b27-8+,37-26?. The first-order chi connectivity index (χ1) is 19.2. The zero-order valence-corrected chi connectivity index (χ0v) is 21.5. The van der Waals surface area contributed by atoms with Crippen LogP contribution in [0.3, 0.4) is 0 Å². The van der Waals surface area contributed by atoms with E-state index in [0.717, 1.165) is 56.6 Å². The number of furan rings is 1. The average molecular weight is 503 g/mol. The number of nitrogens with zero attached hydrogens (tertiary/aromatic N) is 2. The summed E-state index contributed by atoms with van der Waals surface area (Å²) in [5.74, 6) is 0.363. The van der Waals surface area contributed by atoms with Gasteiger partial charge in [0.25, 0.3) is 0 Å². The molecule has 0 radical (unpaired) electrons. The molecule has 0 spiro atoms. The van der Waals surface area contributed by atoms with Crippen LogP contribution in [0.15, 0.2) is 149 Å². The predicted octanol–water partition coefficient (Wildman–Crippen LogP) is 9.27. The molecule has 2 atom stereocenters. The topological polar surface area (TPSA) is 28.7 Å². The molecule has 1 aromatic heterocycles. The van der Waals surface area contributed by atoms with E-state index in [0.29, 0.717) is 5.92 Å². The van der Waals surface area contributed by atoms with Crippen LogP contribution in [-0.2, 0) is 0 Å². The molecule has 3 aliphatic rings. The summed E-state index contributed by atoms with van der Waals surface area (Å²) in [6.45, 7) is 8.41. The number of hydrogen-bond donors (Lipinski definition) is 0. The van der Waals surface area contributed by atoms with Crippen molar-refractivity contribution < 1.29 is 4.42 Å². The molecular weight excluding hydrogens is 476 g/mol. The number of anilines is 1. The first-order valence-electron chi connectivity index (χ1n) is 13.4. The van der Waals surface area contributed by atoms with Crippen LogP contribution in [0.1, 0.15) is 17.9 Å². The van der Waals surface area contributed by atoms with E-state index in [4.69, 9.17) is 9.41 Å². The van der Waals surface area contributed by atoms with Gasteiger partial charge in [-0.1, -0.05) is 79.9 Å². The monoisotopic (exact) mass is 502 g/mol. The molecule has 5 aromatic rings. The van der Waals surface area contributed by atoms with Gasteiger partial charge in [-0.25, -0.2) is 0 Å². The molecule has 0 bridgehead atoms. The highest BCUT2D eigenvalue weighted by Crippen LogP contribution is 2.56. The zero-order chi connectivity index (χ0) is 26.1. The lowest BCUT2D eigenvalue weighted by Gasteiger charge is -2.27. The third-order valence-electron chi connectivity index (χ3n) is 8.37. The van der Waals surface area contributed by atoms with E-state index >= 15 is 0 Å². The Labute approximate surface area is 227 Å². The summed E-state index contributed by atoms with van der Waals surface area (Å²) < 4.78 is 6.11. The quantitative estimate of drug-likeness (QED) is 0.246. The number of para-hydroxylation sites is 2. The molecule has 39 heavy (non-hydrogen) atoms. The second-order valence-corrected chi connectivity index (χ2v) is 10.5. The summed E-state index contributed by atoms with van der Waals surface area (Å²) >= 11 is 0. The Morgan fingerprint density at radius 3 is 2.49 bits per heavy atom. The van der Waals surface area contributed by atoms with Gasteiger partial charge in [0.1, 0.15) is 11.2 Å². The first-order valence-corrected chi connectivity index (χ1v) is 13.4. The highest BCUT2D eigenvalue weighted by Gasteiger charge is 2.49. The second kappa shape index (κ2) is 8.31. The number of benzene rings is 4. The normalized spacial score (nSPS) is 21.6. The number of fused-ring (bicyclic) bond motifs is 6. The highest BCUT2D eigenvalue weighted by molar-refractivity contribution is 6.06. The molecule has 3 nitrogen and oxygen atoms in total. The number of allylic oxidation sites excluding steroid dienone is 4. The number of aliphatic imine (C=N–C) groups is 1. The molecule has 0 amide bonds. The molecular formula is C36H26N2O. The Balaban J connectivity index is 1.15. The fourth-order valence-corrected chi connectivity index (χ4v) is 6.68. The summed E-state index contributed by atoms with van der Waals surface area (Å²) in [5, 5.41) is 2.30. The van der Waals surface area contributed by atoms with Gasteiger partial charge in [0.2, 0.25) is 0 Å². The van der Waals surface area contributed by atoms with Crippen LogP contribution in [0.4, 0.5) is 11.4 Å². The lowest BCUT2D eigenvalue weighted by molar-refractivity contribution is 0.647. The van der Waals surface area contributed by atoms with E-state index in [-0.39, 0.29) is 6.04 Å². The van der Waals surface area contributed by atoms with Gasteiger partial charge in [-0.2, -0.15) is 0 Å². The van der Waals surface area contributed by atoms with Gasteiger partial charge >= 0.3 is 0 Å². The second-order valence-electron chi connectivity index (χ2n) is 10.5. The molecule has 3 heteroatoms. The first kappa shape index (κ1) is 22.1.